The van der Waals surface area contributed by atoms with Crippen LogP contribution >= 0.6 is 11.6 Å². The fourth-order valence-electron chi connectivity index (χ4n) is 9.82. The lowest BCUT2D eigenvalue weighted by Gasteiger charge is -2.28. The Kier molecular flexibility index (Phi) is 12.6. The largest absolute Gasteiger partial charge is 0.465 e. The van der Waals surface area contributed by atoms with Gasteiger partial charge in [-0.15, -0.1) is 12.6 Å². The molecule has 0 fully saturated rings. The fraction of sp³-hybridized carbons (Fsp3) is 0.280. The molecule has 2 aliphatic heterocycles. The molecule has 0 saturated carbocycles. The highest BCUT2D eigenvalue weighted by Gasteiger charge is 2.45. The van der Waals surface area contributed by atoms with Gasteiger partial charge in [0.1, 0.15) is 6.54 Å². The third-order valence-electron chi connectivity index (χ3n) is 12.7. The van der Waals surface area contributed by atoms with Gasteiger partial charge < -0.3 is 9.64 Å². The number of ether oxygens (including phenoxy) is 1. The number of benzene rings is 5. The molecule has 0 radical (unpaired) electrons. The second kappa shape index (κ2) is 17.5. The number of hydrogen-bond donors (Lipinski definition) is 1. The van der Waals surface area contributed by atoms with E-state index in [4.69, 9.17) is 29.0 Å². The van der Waals surface area contributed by atoms with Gasteiger partial charge in [-0.3, -0.25) is 4.55 Å². The minimum atomic E-state index is -4.34. The van der Waals surface area contributed by atoms with Gasteiger partial charge in [-0.25, -0.2) is 4.79 Å². The van der Waals surface area contributed by atoms with Crippen LogP contribution in [-0.4, -0.2) is 62.1 Å². The second-order valence-corrected chi connectivity index (χ2v) is 19.2. The minimum absolute atomic E-state index is 0.107. The summed E-state index contributed by atoms with van der Waals surface area (Å²) in [5, 5.41) is 4.94. The van der Waals surface area contributed by atoms with Crippen LogP contribution in [0.1, 0.15) is 87.4 Å². The van der Waals surface area contributed by atoms with Crippen LogP contribution in [0.2, 0.25) is 0 Å². The van der Waals surface area contributed by atoms with Gasteiger partial charge in [0, 0.05) is 46.1 Å². The molecular formula is C50H50ClN2O8S2+. The summed E-state index contributed by atoms with van der Waals surface area (Å²) in [7, 11) is -6.06. The van der Waals surface area contributed by atoms with Gasteiger partial charge in [-0.2, -0.15) is 13.0 Å². The predicted molar refractivity (Wildman–Crippen MR) is 250 cm³/mol. The third kappa shape index (κ3) is 8.45. The molecule has 13 heteroatoms. The Balaban J connectivity index is 0.00000143. The van der Waals surface area contributed by atoms with Gasteiger partial charge in [0.05, 0.1) is 23.0 Å². The van der Waals surface area contributed by atoms with Crippen molar-refractivity contribution in [1.82, 2.24) is 0 Å². The van der Waals surface area contributed by atoms with Gasteiger partial charge in [0.15, 0.2) is 5.71 Å². The quantitative estimate of drug-likeness (QED) is 0.0916. The summed E-state index contributed by atoms with van der Waals surface area (Å²) in [6.07, 6.45) is 10.3. The molecule has 0 amide bonds. The van der Waals surface area contributed by atoms with E-state index in [1.54, 1.807) is 6.07 Å². The Morgan fingerprint density at radius 2 is 1.52 bits per heavy atom. The number of nitrogens with zero attached hydrogens (tertiary/aromatic N) is 2. The first-order chi connectivity index (χ1) is 29.8. The van der Waals surface area contributed by atoms with E-state index in [-0.39, 0.29) is 22.2 Å². The summed E-state index contributed by atoms with van der Waals surface area (Å²) in [4.78, 5) is 14.5. The topological polar surface area (TPSA) is 138 Å². The van der Waals surface area contributed by atoms with Crippen molar-refractivity contribution < 1.29 is 39.7 Å². The smallest absolute Gasteiger partial charge is 0.425 e. The van der Waals surface area contributed by atoms with Crippen molar-refractivity contribution >= 4 is 76.9 Å². The molecule has 1 unspecified atom stereocenters. The molecule has 326 valence electrons. The summed E-state index contributed by atoms with van der Waals surface area (Å²) in [6.45, 7) is 14.9. The Hall–Kier alpha value is -5.66. The molecule has 3 aliphatic rings. The number of rotatable bonds is 8. The average molecular weight is 907 g/mol. The van der Waals surface area contributed by atoms with Crippen molar-refractivity contribution in [3.05, 3.63) is 159 Å². The van der Waals surface area contributed by atoms with Gasteiger partial charge >= 0.3 is 16.6 Å². The minimum Gasteiger partial charge on any atom is -0.465 e. The molecular weight excluding hydrogens is 856 g/mol. The molecule has 8 rings (SSSR count). The zero-order valence-corrected chi connectivity index (χ0v) is 38.7. The van der Waals surface area contributed by atoms with Crippen molar-refractivity contribution in [3.63, 3.8) is 0 Å². The lowest BCUT2D eigenvalue weighted by molar-refractivity contribution is -0.433. The molecule has 5 aromatic carbocycles. The molecule has 1 aliphatic carbocycles. The number of esters is 1. The number of carbonyl (C=O) groups is 1. The first-order valence-corrected chi connectivity index (χ1v) is 23.6. The van der Waals surface area contributed by atoms with E-state index in [1.165, 1.54) is 47.0 Å². The monoisotopic (exact) mass is 905 g/mol. The fourth-order valence-corrected chi connectivity index (χ4v) is 10.6. The summed E-state index contributed by atoms with van der Waals surface area (Å²) in [5.74, 6) is -0.257. The van der Waals surface area contributed by atoms with Crippen LogP contribution in [0, 0.1) is 0 Å². The molecule has 0 bridgehead atoms. The van der Waals surface area contributed by atoms with Gasteiger partial charge in [0.2, 0.25) is 5.69 Å². The van der Waals surface area contributed by atoms with Crippen molar-refractivity contribution in [3.8, 4) is 0 Å². The standard InChI is InChI=1S/C50H49ClN2O5S.O3S/c1-8-52-41-24-18-32-12-10-11-13-39(32)45(41)49(3,4)43(52)26-20-35-28-37(31-14-16-33(17-15-31)48(54)58-7)29-36(47(35)51)21-27-44-50(5,6)46-40-23-22-38(59(55,56)57)30-34(40)19-25-42(46)53(44)9-2;1-4(2)3/h10-27,30,37H,8-9,28-29H2,1-7H3;/p+1. The molecule has 1 atom stereocenters. The Morgan fingerprint density at radius 3 is 2.17 bits per heavy atom. The zero-order chi connectivity index (χ0) is 45.6. The first-order valence-electron chi connectivity index (χ1n) is 20.8. The molecule has 2 heterocycles. The molecule has 1 N–H and O–H groups in total. The Labute approximate surface area is 375 Å². The summed E-state index contributed by atoms with van der Waals surface area (Å²) < 4.78 is 66.5. The maximum absolute atomic E-state index is 12.3. The molecule has 0 spiro atoms. The number of methoxy groups -OCH3 is 1. The van der Waals surface area contributed by atoms with Gasteiger partial charge in [-0.1, -0.05) is 86.1 Å². The van der Waals surface area contributed by atoms with Crippen molar-refractivity contribution in [2.45, 2.75) is 76.0 Å². The lowest BCUT2D eigenvalue weighted by atomic mass is 9.78. The molecule has 10 nitrogen and oxygen atoms in total. The Morgan fingerprint density at radius 1 is 0.857 bits per heavy atom. The number of carbonyl (C=O) groups excluding carboxylic acids is 1. The highest BCUT2D eigenvalue weighted by Crippen LogP contribution is 2.51. The first kappa shape index (κ1) is 45.4. The van der Waals surface area contributed by atoms with Crippen molar-refractivity contribution in [2.75, 3.05) is 25.1 Å². The van der Waals surface area contributed by atoms with E-state index < -0.39 is 26.1 Å². The zero-order valence-electron chi connectivity index (χ0n) is 36.3. The van der Waals surface area contributed by atoms with E-state index >= 15 is 0 Å². The van der Waals surface area contributed by atoms with E-state index in [0.717, 1.165) is 69.0 Å². The second-order valence-electron chi connectivity index (χ2n) is 17.0. The highest BCUT2D eigenvalue weighted by molar-refractivity contribution is 7.85. The number of hydrogen-bond acceptors (Lipinski definition) is 8. The third-order valence-corrected chi connectivity index (χ3v) is 14.0. The summed E-state index contributed by atoms with van der Waals surface area (Å²) >= 11 is 7.49. The summed E-state index contributed by atoms with van der Waals surface area (Å²) in [5.41, 5.74) is 10.1. The van der Waals surface area contributed by atoms with E-state index in [0.29, 0.717) is 12.0 Å². The molecule has 0 aromatic heterocycles. The molecule has 0 saturated heterocycles. The number of allylic oxidation sites excluding steroid dienone is 8. The van der Waals surface area contributed by atoms with Gasteiger partial charge in [0.25, 0.3) is 10.1 Å². The van der Waals surface area contributed by atoms with Crippen LogP contribution in [0.15, 0.2) is 142 Å². The molecule has 5 aromatic rings. The lowest BCUT2D eigenvalue weighted by Crippen LogP contribution is -2.27. The van der Waals surface area contributed by atoms with E-state index in [1.807, 2.05) is 36.4 Å². The number of anilines is 1. The number of fused-ring (bicyclic) bond motifs is 6. The van der Waals surface area contributed by atoms with Gasteiger partial charge in [-0.05, 0) is 133 Å². The van der Waals surface area contributed by atoms with Crippen LogP contribution in [0.5, 0.6) is 0 Å². The Bertz CT molecular complexity index is 3080. The summed E-state index contributed by atoms with van der Waals surface area (Å²) in [6, 6.07) is 29.6. The van der Waals surface area contributed by atoms with Crippen molar-refractivity contribution in [2.24, 2.45) is 0 Å². The average Bonchev–Trinajstić information content (AvgIpc) is 3.62. The van der Waals surface area contributed by atoms with Crippen LogP contribution in [0.25, 0.3) is 21.5 Å². The van der Waals surface area contributed by atoms with Crippen LogP contribution < -0.4 is 4.90 Å². The predicted octanol–water partition coefficient (Wildman–Crippen LogP) is 10.7. The highest BCUT2D eigenvalue weighted by atomic mass is 35.5. The normalized spacial score (nSPS) is 19.2. The van der Waals surface area contributed by atoms with Crippen LogP contribution in [-0.2, 0) is 36.3 Å². The number of halogens is 1. The number of likely N-dealkylation sites (N-methyl/N-ethyl adjacent to an activating group) is 1. The van der Waals surface area contributed by atoms with Crippen LogP contribution in [0.4, 0.5) is 11.4 Å². The SMILES string of the molecule is CCN1C(=CC=C2CC(c3ccc(C(=O)OC)cc3)CC(C=CC3=[N+](CC)c4ccc5ccccc5c4C3(C)C)=C2Cl)C(C)(C)c2c1ccc1cc(S(=O)(=O)O)ccc21.O=S(=O)=O. The van der Waals surface area contributed by atoms with E-state index in [9.17, 15) is 17.8 Å². The molecule has 63 heavy (non-hydrogen) atoms. The van der Waals surface area contributed by atoms with E-state index in [2.05, 4.69) is 112 Å². The maximum Gasteiger partial charge on any atom is 0.425 e. The van der Waals surface area contributed by atoms with Crippen LogP contribution in [0.3, 0.4) is 0 Å². The van der Waals surface area contributed by atoms with Crippen molar-refractivity contribution in [1.29, 1.82) is 0 Å². The maximum atomic E-state index is 12.3.